The Hall–Kier alpha value is -1.62. The van der Waals surface area contributed by atoms with E-state index in [0.29, 0.717) is 12.1 Å². The van der Waals surface area contributed by atoms with Gasteiger partial charge < -0.3 is 15.3 Å². The van der Waals surface area contributed by atoms with Crippen LogP contribution < -0.4 is 10.2 Å². The number of hydrogen-bond donors (Lipinski definition) is 2. The third-order valence-corrected chi connectivity index (χ3v) is 4.80. The smallest absolute Gasteiger partial charge is 0.255 e. The number of carbonyl (C=O) groups excluding carboxylic acids is 1. The second-order valence-electron chi connectivity index (χ2n) is 6.54. The standard InChI is InChI=1S/C17H25N3O2/c21-16(19-13-17(22)8-2-1-3-9-17)14-7-6-10-18-15(14)20-11-4-5-12-20/h6-7,10,22H,1-5,8-9,11-13H2,(H,19,21). The number of pyridine rings is 1. The van der Waals surface area contributed by atoms with Crippen LogP contribution in [0.2, 0.25) is 0 Å². The molecule has 0 spiro atoms. The van der Waals surface area contributed by atoms with Crippen molar-refractivity contribution >= 4 is 11.7 Å². The summed E-state index contributed by atoms with van der Waals surface area (Å²) < 4.78 is 0. The highest BCUT2D eigenvalue weighted by atomic mass is 16.3. The van der Waals surface area contributed by atoms with Crippen LogP contribution in [0.1, 0.15) is 55.3 Å². The molecule has 1 aliphatic carbocycles. The number of anilines is 1. The molecule has 2 aliphatic rings. The minimum atomic E-state index is -0.732. The van der Waals surface area contributed by atoms with Gasteiger partial charge in [-0.1, -0.05) is 19.3 Å². The van der Waals surface area contributed by atoms with Gasteiger partial charge in [0.2, 0.25) is 0 Å². The predicted molar refractivity (Wildman–Crippen MR) is 86.1 cm³/mol. The predicted octanol–water partition coefficient (Wildman–Crippen LogP) is 2.11. The number of aliphatic hydroxyl groups is 1. The largest absolute Gasteiger partial charge is 0.388 e. The highest BCUT2D eigenvalue weighted by Crippen LogP contribution is 2.27. The molecule has 0 atom stereocenters. The van der Waals surface area contributed by atoms with E-state index in [-0.39, 0.29) is 5.91 Å². The summed E-state index contributed by atoms with van der Waals surface area (Å²) in [4.78, 5) is 19.1. The van der Waals surface area contributed by atoms with Crippen LogP contribution in [0.4, 0.5) is 5.82 Å². The maximum atomic E-state index is 12.5. The van der Waals surface area contributed by atoms with Crippen molar-refractivity contribution in [2.45, 2.75) is 50.5 Å². The van der Waals surface area contributed by atoms with Crippen molar-refractivity contribution in [2.75, 3.05) is 24.5 Å². The Kier molecular flexibility index (Phi) is 4.62. The zero-order valence-electron chi connectivity index (χ0n) is 13.1. The van der Waals surface area contributed by atoms with E-state index in [1.165, 1.54) is 6.42 Å². The SMILES string of the molecule is O=C(NCC1(O)CCCCC1)c1cccnc1N1CCCC1. The molecule has 1 saturated carbocycles. The fraction of sp³-hybridized carbons (Fsp3) is 0.647. The number of rotatable bonds is 4. The molecule has 0 aromatic carbocycles. The molecule has 2 fully saturated rings. The number of hydrogen-bond acceptors (Lipinski definition) is 4. The van der Waals surface area contributed by atoms with Crippen LogP contribution in [0.25, 0.3) is 0 Å². The molecule has 1 aromatic rings. The van der Waals surface area contributed by atoms with Gasteiger partial charge in [-0.25, -0.2) is 4.98 Å². The van der Waals surface area contributed by atoms with Gasteiger partial charge in [-0.05, 0) is 37.8 Å². The van der Waals surface area contributed by atoms with Gasteiger partial charge in [-0.15, -0.1) is 0 Å². The van der Waals surface area contributed by atoms with E-state index in [4.69, 9.17) is 0 Å². The first kappa shape index (κ1) is 15.3. The molecule has 0 radical (unpaired) electrons. The summed E-state index contributed by atoms with van der Waals surface area (Å²) in [5, 5.41) is 13.4. The molecule has 5 heteroatoms. The number of aromatic nitrogens is 1. The normalized spacial score (nSPS) is 20.9. The zero-order valence-corrected chi connectivity index (χ0v) is 13.1. The molecular weight excluding hydrogens is 278 g/mol. The van der Waals surface area contributed by atoms with E-state index >= 15 is 0 Å². The summed E-state index contributed by atoms with van der Waals surface area (Å²) in [7, 11) is 0. The first-order valence-corrected chi connectivity index (χ1v) is 8.39. The quantitative estimate of drug-likeness (QED) is 0.894. The maximum Gasteiger partial charge on any atom is 0.255 e. The fourth-order valence-electron chi connectivity index (χ4n) is 3.48. The molecule has 120 valence electrons. The van der Waals surface area contributed by atoms with Crippen molar-refractivity contribution in [1.82, 2.24) is 10.3 Å². The summed E-state index contributed by atoms with van der Waals surface area (Å²) in [6.45, 7) is 2.25. The van der Waals surface area contributed by atoms with Crippen LogP contribution in [0.3, 0.4) is 0 Å². The van der Waals surface area contributed by atoms with E-state index in [9.17, 15) is 9.90 Å². The molecule has 0 bridgehead atoms. The number of amides is 1. The average molecular weight is 303 g/mol. The van der Waals surface area contributed by atoms with Gasteiger partial charge in [0, 0.05) is 25.8 Å². The van der Waals surface area contributed by atoms with Crippen LogP contribution in [0.15, 0.2) is 18.3 Å². The third kappa shape index (κ3) is 3.40. The first-order valence-electron chi connectivity index (χ1n) is 8.39. The molecule has 22 heavy (non-hydrogen) atoms. The number of carbonyl (C=O) groups is 1. The summed E-state index contributed by atoms with van der Waals surface area (Å²) >= 11 is 0. The summed E-state index contributed by atoms with van der Waals surface area (Å²) in [6, 6.07) is 3.62. The lowest BCUT2D eigenvalue weighted by atomic mass is 9.85. The second-order valence-corrected chi connectivity index (χ2v) is 6.54. The fourth-order valence-corrected chi connectivity index (χ4v) is 3.48. The molecule has 0 unspecified atom stereocenters. The van der Waals surface area contributed by atoms with E-state index in [1.807, 2.05) is 6.07 Å². The van der Waals surface area contributed by atoms with Gasteiger partial charge in [-0.3, -0.25) is 4.79 Å². The van der Waals surface area contributed by atoms with Crippen LogP contribution in [-0.4, -0.2) is 41.2 Å². The Balaban J connectivity index is 1.67. The minimum Gasteiger partial charge on any atom is -0.388 e. The topological polar surface area (TPSA) is 65.5 Å². The third-order valence-electron chi connectivity index (χ3n) is 4.80. The molecule has 1 amide bonds. The highest BCUT2D eigenvalue weighted by molar-refractivity contribution is 5.98. The van der Waals surface area contributed by atoms with Gasteiger partial charge in [0.1, 0.15) is 5.82 Å². The van der Waals surface area contributed by atoms with E-state index < -0.39 is 5.60 Å². The monoisotopic (exact) mass is 303 g/mol. The Morgan fingerprint density at radius 2 is 1.95 bits per heavy atom. The van der Waals surface area contributed by atoms with E-state index in [2.05, 4.69) is 15.2 Å². The van der Waals surface area contributed by atoms with Crippen molar-refractivity contribution < 1.29 is 9.90 Å². The van der Waals surface area contributed by atoms with Crippen LogP contribution in [0.5, 0.6) is 0 Å². The highest BCUT2D eigenvalue weighted by Gasteiger charge is 2.30. The first-order chi connectivity index (χ1) is 10.7. The van der Waals surface area contributed by atoms with E-state index in [0.717, 1.165) is 57.4 Å². The van der Waals surface area contributed by atoms with Gasteiger partial charge in [0.15, 0.2) is 0 Å². The molecule has 2 N–H and O–H groups in total. The van der Waals surface area contributed by atoms with E-state index in [1.54, 1.807) is 12.3 Å². The van der Waals surface area contributed by atoms with Gasteiger partial charge in [0.25, 0.3) is 5.91 Å². The van der Waals surface area contributed by atoms with Gasteiger partial charge in [-0.2, -0.15) is 0 Å². The Morgan fingerprint density at radius 1 is 1.23 bits per heavy atom. The summed E-state index contributed by atoms with van der Waals surface area (Å²) in [5.74, 6) is 0.641. The summed E-state index contributed by atoms with van der Waals surface area (Å²) in [6.07, 6.45) is 8.85. The van der Waals surface area contributed by atoms with Crippen molar-refractivity contribution in [3.05, 3.63) is 23.9 Å². The Bertz CT molecular complexity index is 520. The lowest BCUT2D eigenvalue weighted by Crippen LogP contribution is -2.44. The van der Waals surface area contributed by atoms with Crippen LogP contribution >= 0.6 is 0 Å². The summed E-state index contributed by atoms with van der Waals surface area (Å²) in [5.41, 5.74) is -0.118. The van der Waals surface area contributed by atoms with Crippen molar-refractivity contribution in [1.29, 1.82) is 0 Å². The van der Waals surface area contributed by atoms with Crippen LogP contribution in [-0.2, 0) is 0 Å². The molecular formula is C17H25N3O2. The zero-order chi connectivity index (χ0) is 15.4. The Labute approximate surface area is 131 Å². The van der Waals surface area contributed by atoms with Crippen molar-refractivity contribution in [3.63, 3.8) is 0 Å². The number of nitrogens with one attached hydrogen (secondary N) is 1. The molecule has 5 nitrogen and oxygen atoms in total. The average Bonchev–Trinajstić information content (AvgIpc) is 3.08. The lowest BCUT2D eigenvalue weighted by molar-refractivity contribution is 0.00526. The Morgan fingerprint density at radius 3 is 2.68 bits per heavy atom. The van der Waals surface area contributed by atoms with Crippen molar-refractivity contribution in [3.8, 4) is 0 Å². The lowest BCUT2D eigenvalue weighted by Gasteiger charge is -2.32. The van der Waals surface area contributed by atoms with Gasteiger partial charge >= 0.3 is 0 Å². The molecule has 1 aromatic heterocycles. The van der Waals surface area contributed by atoms with Gasteiger partial charge in [0.05, 0.1) is 11.2 Å². The molecule has 2 heterocycles. The van der Waals surface area contributed by atoms with Crippen molar-refractivity contribution in [2.24, 2.45) is 0 Å². The minimum absolute atomic E-state index is 0.131. The molecule has 3 rings (SSSR count). The maximum absolute atomic E-state index is 12.5. The molecule has 1 saturated heterocycles. The number of nitrogens with zero attached hydrogens (tertiary/aromatic N) is 2. The second kappa shape index (κ2) is 6.65. The molecule has 1 aliphatic heterocycles. The van der Waals surface area contributed by atoms with Crippen LogP contribution in [0, 0.1) is 0 Å².